The van der Waals surface area contributed by atoms with Crippen molar-refractivity contribution in [2.45, 2.75) is 13.5 Å². The maximum absolute atomic E-state index is 12.8. The lowest BCUT2D eigenvalue weighted by atomic mass is 10.0. The number of rotatable bonds is 4. The normalized spacial score (nSPS) is 10.9. The minimum atomic E-state index is -0.0482. The molecule has 0 bridgehead atoms. The number of fused-ring (bicyclic) bond motifs is 1. The number of benzene rings is 2. The molecule has 0 aliphatic carbocycles. The van der Waals surface area contributed by atoms with Crippen LogP contribution in [0.3, 0.4) is 0 Å². The number of aryl methyl sites for hydroxylation is 2. The summed E-state index contributed by atoms with van der Waals surface area (Å²) in [7, 11) is 1.78. The molecule has 0 N–H and O–H groups in total. The van der Waals surface area contributed by atoms with Gasteiger partial charge in [0.1, 0.15) is 0 Å². The number of para-hydroxylation sites is 1. The van der Waals surface area contributed by atoms with Crippen LogP contribution in [0.4, 0.5) is 0 Å². The van der Waals surface area contributed by atoms with Crippen molar-refractivity contribution >= 4 is 16.7 Å². The van der Waals surface area contributed by atoms with Crippen molar-refractivity contribution in [1.82, 2.24) is 4.57 Å². The summed E-state index contributed by atoms with van der Waals surface area (Å²) in [4.78, 5) is 25.3. The maximum atomic E-state index is 12.8. The maximum Gasteiger partial charge on any atom is 0.258 e. The van der Waals surface area contributed by atoms with Crippen molar-refractivity contribution in [1.29, 1.82) is 0 Å². The monoisotopic (exact) mass is 369 g/mol. The molecule has 0 saturated carbocycles. The molecule has 2 aromatic carbocycles. The highest BCUT2D eigenvalue weighted by molar-refractivity contribution is 5.95. The third kappa shape index (κ3) is 3.37. The number of Topliss-reactive ketones (excluding diaryl/α,β-unsaturated/α-hetero) is 1. The number of carbonyl (C=O) groups excluding carboxylic acids is 1. The molecular formula is C24H21N2O2+. The number of aromatic nitrogens is 2. The van der Waals surface area contributed by atoms with Gasteiger partial charge in [0.25, 0.3) is 5.56 Å². The van der Waals surface area contributed by atoms with Gasteiger partial charge in [-0.05, 0) is 35.6 Å². The van der Waals surface area contributed by atoms with E-state index in [4.69, 9.17) is 0 Å². The SMILES string of the molecule is Cc1cc[n+](CC(=O)c2ccc(-c3cc4ccccc4n(C)c3=O)cc2)cc1. The minimum Gasteiger partial charge on any atom is -0.311 e. The van der Waals surface area contributed by atoms with Crippen molar-refractivity contribution in [2.75, 3.05) is 0 Å². The zero-order chi connectivity index (χ0) is 19.7. The Morgan fingerprint density at radius 2 is 1.64 bits per heavy atom. The molecule has 0 amide bonds. The molecule has 2 aromatic heterocycles. The van der Waals surface area contributed by atoms with E-state index < -0.39 is 0 Å². The highest BCUT2D eigenvalue weighted by atomic mass is 16.1. The molecule has 0 saturated heterocycles. The Bertz CT molecular complexity index is 1220. The lowest BCUT2D eigenvalue weighted by Gasteiger charge is -2.09. The van der Waals surface area contributed by atoms with Crippen LogP contribution < -0.4 is 10.1 Å². The second kappa shape index (κ2) is 7.24. The number of carbonyl (C=O) groups is 1. The van der Waals surface area contributed by atoms with E-state index in [1.54, 1.807) is 23.7 Å². The molecular weight excluding hydrogens is 348 g/mol. The van der Waals surface area contributed by atoms with E-state index >= 15 is 0 Å². The number of pyridine rings is 2. The highest BCUT2D eigenvalue weighted by Crippen LogP contribution is 2.21. The van der Waals surface area contributed by atoms with Crippen molar-refractivity contribution < 1.29 is 9.36 Å². The van der Waals surface area contributed by atoms with Gasteiger partial charge in [0.15, 0.2) is 12.4 Å². The molecule has 0 atom stereocenters. The summed E-state index contributed by atoms with van der Waals surface area (Å²) in [5, 5.41) is 1.01. The van der Waals surface area contributed by atoms with E-state index in [-0.39, 0.29) is 17.9 Å². The van der Waals surface area contributed by atoms with Gasteiger partial charge in [-0.1, -0.05) is 42.5 Å². The standard InChI is InChI=1S/C24H21N2O2/c1-17-11-13-26(14-12-17)16-23(27)19-9-7-18(8-10-19)21-15-20-5-3-4-6-22(20)25(2)24(21)28/h3-15H,16H2,1-2H3/q+1. The van der Waals surface area contributed by atoms with E-state index in [9.17, 15) is 9.59 Å². The third-order valence-corrected chi connectivity index (χ3v) is 5.03. The Morgan fingerprint density at radius 3 is 2.36 bits per heavy atom. The van der Waals surface area contributed by atoms with Crippen molar-refractivity contribution in [2.24, 2.45) is 7.05 Å². The number of ketones is 1. The minimum absolute atomic E-state index is 0.0341. The smallest absolute Gasteiger partial charge is 0.258 e. The van der Waals surface area contributed by atoms with Crippen molar-refractivity contribution in [3.05, 3.63) is 101 Å². The van der Waals surface area contributed by atoms with Crippen LogP contribution in [0, 0.1) is 6.92 Å². The van der Waals surface area contributed by atoms with Gasteiger partial charge >= 0.3 is 0 Å². The molecule has 0 aliphatic heterocycles. The van der Waals surface area contributed by atoms with Crippen LogP contribution in [0.15, 0.2) is 83.9 Å². The molecule has 4 heteroatoms. The first-order chi connectivity index (χ1) is 13.5. The summed E-state index contributed by atoms with van der Waals surface area (Å²) < 4.78 is 3.53. The predicted octanol–water partition coefficient (Wildman–Crippen LogP) is 3.68. The van der Waals surface area contributed by atoms with Crippen molar-refractivity contribution in [3.63, 3.8) is 0 Å². The summed E-state index contributed by atoms with van der Waals surface area (Å²) in [5.41, 5.74) is 4.09. The quantitative estimate of drug-likeness (QED) is 0.407. The van der Waals surface area contributed by atoms with Gasteiger partial charge in [0.2, 0.25) is 12.3 Å². The van der Waals surface area contributed by atoms with E-state index in [1.165, 1.54) is 0 Å². The summed E-state index contributed by atoms with van der Waals surface area (Å²) in [6.45, 7) is 2.30. The van der Waals surface area contributed by atoms with Crippen LogP contribution in [0.25, 0.3) is 22.0 Å². The van der Waals surface area contributed by atoms with Crippen LogP contribution >= 0.6 is 0 Å². The fourth-order valence-corrected chi connectivity index (χ4v) is 3.36. The van der Waals surface area contributed by atoms with Gasteiger partial charge in [0, 0.05) is 30.3 Å². The zero-order valence-corrected chi connectivity index (χ0v) is 15.9. The second-order valence-electron chi connectivity index (χ2n) is 7.03. The summed E-state index contributed by atoms with van der Waals surface area (Å²) in [6.07, 6.45) is 3.81. The van der Waals surface area contributed by atoms with Gasteiger partial charge in [0.05, 0.1) is 5.52 Å². The van der Waals surface area contributed by atoms with Gasteiger partial charge in [-0.15, -0.1) is 0 Å². The summed E-state index contributed by atoms with van der Waals surface area (Å²) in [6, 6.07) is 21.0. The predicted molar refractivity (Wildman–Crippen MR) is 110 cm³/mol. The fraction of sp³-hybridized carbons (Fsp3) is 0.125. The highest BCUT2D eigenvalue weighted by Gasteiger charge is 2.13. The van der Waals surface area contributed by atoms with E-state index in [0.29, 0.717) is 11.1 Å². The number of hydrogen-bond acceptors (Lipinski definition) is 2. The van der Waals surface area contributed by atoms with Crippen LogP contribution in [-0.2, 0) is 13.6 Å². The first-order valence-corrected chi connectivity index (χ1v) is 9.21. The molecule has 138 valence electrons. The van der Waals surface area contributed by atoms with Crippen LogP contribution in [-0.4, -0.2) is 10.4 Å². The Labute approximate surface area is 163 Å². The van der Waals surface area contributed by atoms with E-state index in [0.717, 1.165) is 22.0 Å². The molecule has 0 radical (unpaired) electrons. The molecule has 0 unspecified atom stereocenters. The second-order valence-corrected chi connectivity index (χ2v) is 7.03. The first kappa shape index (κ1) is 17.9. The zero-order valence-electron chi connectivity index (χ0n) is 15.9. The van der Waals surface area contributed by atoms with E-state index in [1.807, 2.05) is 78.5 Å². The van der Waals surface area contributed by atoms with Crippen LogP contribution in [0.2, 0.25) is 0 Å². The first-order valence-electron chi connectivity index (χ1n) is 9.21. The third-order valence-electron chi connectivity index (χ3n) is 5.03. The van der Waals surface area contributed by atoms with Gasteiger partial charge in [-0.25, -0.2) is 0 Å². The molecule has 28 heavy (non-hydrogen) atoms. The molecule has 0 spiro atoms. The van der Waals surface area contributed by atoms with Crippen LogP contribution in [0.1, 0.15) is 15.9 Å². The lowest BCUT2D eigenvalue weighted by Crippen LogP contribution is -2.37. The van der Waals surface area contributed by atoms with Gasteiger partial charge in [-0.2, -0.15) is 4.57 Å². The molecule has 0 aliphatic rings. The largest absolute Gasteiger partial charge is 0.311 e. The Kier molecular flexibility index (Phi) is 4.62. The van der Waals surface area contributed by atoms with Crippen molar-refractivity contribution in [3.8, 4) is 11.1 Å². The Hall–Kier alpha value is -3.53. The lowest BCUT2D eigenvalue weighted by molar-refractivity contribution is -0.683. The average Bonchev–Trinajstić information content (AvgIpc) is 2.72. The van der Waals surface area contributed by atoms with Gasteiger partial charge in [-0.3, -0.25) is 9.59 Å². The Balaban J connectivity index is 1.64. The number of nitrogens with zero attached hydrogens (tertiary/aromatic N) is 2. The number of hydrogen-bond donors (Lipinski definition) is 0. The molecule has 4 aromatic rings. The van der Waals surface area contributed by atoms with Gasteiger partial charge < -0.3 is 4.57 Å². The van der Waals surface area contributed by atoms with E-state index in [2.05, 4.69) is 0 Å². The topological polar surface area (TPSA) is 43.0 Å². The molecule has 0 fully saturated rings. The molecule has 4 rings (SSSR count). The summed E-state index contributed by atoms with van der Waals surface area (Å²) in [5.74, 6) is 0.0341. The molecule has 2 heterocycles. The van der Waals surface area contributed by atoms with Crippen LogP contribution in [0.5, 0.6) is 0 Å². The summed E-state index contributed by atoms with van der Waals surface area (Å²) >= 11 is 0. The Morgan fingerprint density at radius 1 is 0.964 bits per heavy atom. The fourth-order valence-electron chi connectivity index (χ4n) is 3.36. The average molecular weight is 369 g/mol. The molecule has 4 nitrogen and oxygen atoms in total.